The number of hydrogen-bond acceptors (Lipinski definition) is 4. The van der Waals surface area contributed by atoms with E-state index in [9.17, 15) is 5.11 Å². The van der Waals surface area contributed by atoms with Crippen molar-refractivity contribution >= 4 is 0 Å². The SMILES string of the molecule is [2H]C(C)CN(CCN(CCN(CC([2H])C)CC([2H])C)CC(C)O)CC([2H])C. The van der Waals surface area contributed by atoms with Gasteiger partial charge in [-0.05, 0) is 58.7 Å². The van der Waals surface area contributed by atoms with E-state index in [1.165, 1.54) is 0 Å². The number of aliphatic hydroxyl groups is 1. The fourth-order valence-electron chi connectivity index (χ4n) is 2.78. The number of nitrogens with zero attached hydrogens (tertiary/aromatic N) is 3. The molecule has 0 saturated carbocycles. The van der Waals surface area contributed by atoms with Gasteiger partial charge >= 0.3 is 0 Å². The van der Waals surface area contributed by atoms with Crippen molar-refractivity contribution < 1.29 is 10.6 Å². The number of aliphatic hydroxyl groups excluding tert-OH is 1. The zero-order chi connectivity index (χ0) is 21.0. The first kappa shape index (κ1) is 16.3. The van der Waals surface area contributed by atoms with Gasteiger partial charge in [0.2, 0.25) is 0 Å². The highest BCUT2D eigenvalue weighted by atomic mass is 16.3. The van der Waals surface area contributed by atoms with Gasteiger partial charge in [0.25, 0.3) is 0 Å². The molecule has 4 nitrogen and oxygen atoms in total. The van der Waals surface area contributed by atoms with Crippen LogP contribution in [0.3, 0.4) is 0 Å². The van der Waals surface area contributed by atoms with Crippen LogP contribution in [0.4, 0.5) is 0 Å². The van der Waals surface area contributed by atoms with Crippen molar-refractivity contribution in [2.75, 3.05) is 58.9 Å². The van der Waals surface area contributed by atoms with E-state index in [0.29, 0.717) is 32.7 Å². The minimum Gasteiger partial charge on any atom is -0.392 e. The van der Waals surface area contributed by atoms with Crippen molar-refractivity contribution in [3.05, 3.63) is 0 Å². The van der Waals surface area contributed by atoms with E-state index in [0.717, 1.165) is 26.2 Å². The normalized spacial score (nSPS) is 21.4. The minimum absolute atomic E-state index is 0.179. The van der Waals surface area contributed by atoms with E-state index in [2.05, 4.69) is 14.7 Å². The van der Waals surface area contributed by atoms with Gasteiger partial charge < -0.3 is 14.9 Å². The summed E-state index contributed by atoms with van der Waals surface area (Å²) in [6.07, 6.45) is -1.13. The van der Waals surface area contributed by atoms with Gasteiger partial charge in [-0.2, -0.15) is 0 Å². The average Bonchev–Trinajstić information content (AvgIpc) is 2.46. The monoisotopic (exact) mass is 333 g/mol. The summed E-state index contributed by atoms with van der Waals surface area (Å²) in [5.41, 5.74) is 0. The first-order valence-corrected chi connectivity index (χ1v) is 9.03. The van der Waals surface area contributed by atoms with Crippen molar-refractivity contribution in [3.8, 4) is 0 Å². The predicted octanol–water partition coefficient (Wildman–Crippen LogP) is 2.91. The Morgan fingerprint density at radius 1 is 0.652 bits per heavy atom. The van der Waals surface area contributed by atoms with Gasteiger partial charge in [0.1, 0.15) is 0 Å². The Labute approximate surface area is 151 Å². The number of rotatable bonds is 16. The van der Waals surface area contributed by atoms with Gasteiger partial charge in [0, 0.05) is 38.2 Å². The van der Waals surface area contributed by atoms with Crippen LogP contribution in [0.15, 0.2) is 0 Å². The molecule has 0 aliphatic rings. The molecular formula is C19H43N3O. The maximum Gasteiger partial charge on any atom is 0.0639 e. The topological polar surface area (TPSA) is 30.0 Å². The molecule has 1 N–H and O–H groups in total. The smallest absolute Gasteiger partial charge is 0.0639 e. The molecule has 0 aromatic carbocycles. The van der Waals surface area contributed by atoms with E-state index in [1.807, 2.05) is 27.7 Å². The van der Waals surface area contributed by atoms with Crippen molar-refractivity contribution in [1.29, 1.82) is 0 Å². The molecular weight excluding hydrogens is 286 g/mol. The molecule has 4 heteroatoms. The summed E-state index contributed by atoms with van der Waals surface area (Å²) in [6.45, 7) is 15.6. The second-order valence-corrected chi connectivity index (χ2v) is 6.30. The molecule has 5 unspecified atom stereocenters. The van der Waals surface area contributed by atoms with E-state index in [4.69, 9.17) is 5.48 Å². The van der Waals surface area contributed by atoms with Crippen molar-refractivity contribution in [3.63, 3.8) is 0 Å². The highest BCUT2D eigenvalue weighted by molar-refractivity contribution is 4.68. The Bertz CT molecular complexity index is 310. The molecule has 0 aliphatic carbocycles. The minimum atomic E-state index is -0.415. The second-order valence-electron chi connectivity index (χ2n) is 6.30. The first-order valence-electron chi connectivity index (χ1n) is 11.3. The van der Waals surface area contributed by atoms with Gasteiger partial charge in [-0.3, -0.25) is 4.90 Å². The van der Waals surface area contributed by atoms with Gasteiger partial charge in [-0.1, -0.05) is 27.7 Å². The van der Waals surface area contributed by atoms with Crippen LogP contribution >= 0.6 is 0 Å². The molecule has 0 heterocycles. The quantitative estimate of drug-likeness (QED) is 0.470. The molecule has 0 amide bonds. The first-order chi connectivity index (χ1) is 12.5. The van der Waals surface area contributed by atoms with Crippen LogP contribution in [0, 0.1) is 0 Å². The molecule has 0 aliphatic heterocycles. The predicted molar refractivity (Wildman–Crippen MR) is 102 cm³/mol. The van der Waals surface area contributed by atoms with E-state index in [-0.39, 0.29) is 25.6 Å². The highest BCUT2D eigenvalue weighted by Gasteiger charge is 2.12. The summed E-state index contributed by atoms with van der Waals surface area (Å²) in [7, 11) is 0. The lowest BCUT2D eigenvalue weighted by atomic mass is 10.3. The lowest BCUT2D eigenvalue weighted by Gasteiger charge is -2.30. The Morgan fingerprint density at radius 2 is 0.957 bits per heavy atom. The molecule has 0 rings (SSSR count). The maximum atomic E-state index is 9.85. The van der Waals surface area contributed by atoms with Crippen LogP contribution < -0.4 is 0 Å². The third-order valence-corrected chi connectivity index (χ3v) is 3.75. The summed E-state index contributed by atoms with van der Waals surface area (Å²) in [4.78, 5) is 6.55. The molecule has 23 heavy (non-hydrogen) atoms. The van der Waals surface area contributed by atoms with Crippen LogP contribution in [-0.2, 0) is 0 Å². The molecule has 0 bridgehead atoms. The lowest BCUT2D eigenvalue weighted by Crippen LogP contribution is -2.43. The Kier molecular flexibility index (Phi) is 10.9. The molecule has 0 saturated heterocycles. The summed E-state index contributed by atoms with van der Waals surface area (Å²) in [5, 5.41) is 9.85. The molecule has 0 aromatic rings. The second kappa shape index (κ2) is 15.4. The fraction of sp³-hybridized carbons (Fsp3) is 1.00. The molecule has 140 valence electrons. The van der Waals surface area contributed by atoms with Crippen LogP contribution in [0.5, 0.6) is 0 Å². The average molecular weight is 334 g/mol. The summed E-state index contributed by atoms with van der Waals surface area (Å²) < 4.78 is 31.3. The summed E-state index contributed by atoms with van der Waals surface area (Å²) in [6, 6.07) is 0. The van der Waals surface area contributed by atoms with Gasteiger partial charge in [0.15, 0.2) is 0 Å². The summed E-state index contributed by atoms with van der Waals surface area (Å²) in [5.74, 6) is 0. The van der Waals surface area contributed by atoms with Crippen LogP contribution in [0.1, 0.15) is 65.7 Å². The van der Waals surface area contributed by atoms with E-state index < -0.39 is 6.10 Å². The molecule has 0 fully saturated rings. The van der Waals surface area contributed by atoms with Crippen LogP contribution in [0.25, 0.3) is 0 Å². The zero-order valence-electron chi connectivity index (χ0n) is 20.0. The molecule has 0 radical (unpaired) electrons. The van der Waals surface area contributed by atoms with Gasteiger partial charge in [0.05, 0.1) is 6.10 Å². The fourth-order valence-corrected chi connectivity index (χ4v) is 2.78. The Morgan fingerprint density at radius 3 is 1.22 bits per heavy atom. The molecule has 0 aromatic heterocycles. The third kappa shape index (κ3) is 12.9. The van der Waals surface area contributed by atoms with Gasteiger partial charge in [-0.25, -0.2) is 0 Å². The van der Waals surface area contributed by atoms with Crippen LogP contribution in [-0.4, -0.2) is 84.8 Å². The third-order valence-electron chi connectivity index (χ3n) is 3.75. The maximum absolute atomic E-state index is 9.85. The standard InChI is InChI=1S/C19H43N3O/c1-6-10-20(11-7-2)14-16-22(18-19(5)23)17-15-21(12-8-3)13-9-4/h19,23H,6-18H2,1-5H3/i6D,7D,8D,9D. The molecule has 0 spiro atoms. The van der Waals surface area contributed by atoms with E-state index in [1.54, 1.807) is 6.92 Å². The highest BCUT2D eigenvalue weighted by Crippen LogP contribution is 2.01. The largest absolute Gasteiger partial charge is 0.392 e. The van der Waals surface area contributed by atoms with Gasteiger partial charge in [-0.15, -0.1) is 0 Å². The zero-order valence-corrected chi connectivity index (χ0v) is 16.0. The molecule has 5 atom stereocenters. The van der Waals surface area contributed by atoms with Crippen molar-refractivity contribution in [2.24, 2.45) is 0 Å². The van der Waals surface area contributed by atoms with Crippen molar-refractivity contribution in [1.82, 2.24) is 14.7 Å². The van der Waals surface area contributed by atoms with E-state index >= 15 is 0 Å². The number of hydrogen-bond donors (Lipinski definition) is 1. The summed E-state index contributed by atoms with van der Waals surface area (Å²) >= 11 is 0. The van der Waals surface area contributed by atoms with Crippen LogP contribution in [0.2, 0.25) is 0 Å². The lowest BCUT2D eigenvalue weighted by molar-refractivity contribution is 0.106. The Hall–Kier alpha value is -0.160. The Balaban J connectivity index is 4.73. The van der Waals surface area contributed by atoms with Crippen molar-refractivity contribution in [2.45, 2.75) is 66.3 Å².